The van der Waals surface area contributed by atoms with Gasteiger partial charge in [0.25, 0.3) is 0 Å². The zero-order valence-electron chi connectivity index (χ0n) is 16.2. The minimum Gasteiger partial charge on any atom is -0.497 e. The van der Waals surface area contributed by atoms with Crippen LogP contribution >= 0.6 is 11.3 Å². The molecule has 0 spiro atoms. The molecular formula is C21H19N3O5S. The van der Waals surface area contributed by atoms with E-state index in [-0.39, 0.29) is 18.2 Å². The summed E-state index contributed by atoms with van der Waals surface area (Å²) in [5.41, 5.74) is 1.49. The van der Waals surface area contributed by atoms with Crippen LogP contribution in [0.15, 0.2) is 36.4 Å². The van der Waals surface area contributed by atoms with E-state index in [2.05, 4.69) is 10.3 Å². The van der Waals surface area contributed by atoms with Crippen molar-refractivity contribution in [3.63, 3.8) is 0 Å². The molecule has 2 aliphatic heterocycles. The van der Waals surface area contributed by atoms with Crippen molar-refractivity contribution in [3.8, 4) is 17.2 Å². The van der Waals surface area contributed by atoms with Crippen LogP contribution in [0.5, 0.6) is 17.2 Å². The smallest absolute Gasteiger partial charge is 0.231 e. The molecule has 0 saturated carbocycles. The highest BCUT2D eigenvalue weighted by Crippen LogP contribution is 2.36. The summed E-state index contributed by atoms with van der Waals surface area (Å²) in [5, 5.41) is 3.37. The van der Waals surface area contributed by atoms with Gasteiger partial charge in [-0.25, -0.2) is 4.98 Å². The van der Waals surface area contributed by atoms with E-state index in [9.17, 15) is 9.59 Å². The third kappa shape index (κ3) is 3.41. The Morgan fingerprint density at radius 3 is 2.87 bits per heavy atom. The molecule has 2 aliphatic rings. The fourth-order valence-corrected chi connectivity index (χ4v) is 4.52. The molecule has 3 aromatic rings. The molecule has 8 nitrogen and oxygen atoms in total. The number of hydrogen-bond acceptors (Lipinski definition) is 7. The molecule has 0 radical (unpaired) electrons. The topological polar surface area (TPSA) is 90.0 Å². The molecule has 0 aliphatic carbocycles. The number of anilines is 2. The molecule has 154 valence electrons. The van der Waals surface area contributed by atoms with Crippen molar-refractivity contribution in [2.75, 3.05) is 37.1 Å². The summed E-state index contributed by atoms with van der Waals surface area (Å²) in [6.45, 7) is 1.29. The Labute approximate surface area is 176 Å². The number of methoxy groups -OCH3 is 1. The molecular weight excluding hydrogens is 406 g/mol. The number of amides is 2. The van der Waals surface area contributed by atoms with Crippen LogP contribution in [0.2, 0.25) is 0 Å². The molecule has 2 amide bonds. The zero-order valence-corrected chi connectivity index (χ0v) is 17.0. The van der Waals surface area contributed by atoms with Crippen molar-refractivity contribution < 1.29 is 23.8 Å². The fraction of sp³-hybridized carbons (Fsp3) is 0.286. The Morgan fingerprint density at radius 2 is 2.03 bits per heavy atom. The fourth-order valence-electron chi connectivity index (χ4n) is 3.63. The number of aromatic nitrogens is 1. The van der Waals surface area contributed by atoms with Gasteiger partial charge < -0.3 is 24.4 Å². The predicted molar refractivity (Wildman–Crippen MR) is 113 cm³/mol. The second kappa shape index (κ2) is 7.49. The maximum Gasteiger partial charge on any atom is 0.231 e. The summed E-state index contributed by atoms with van der Waals surface area (Å²) in [5.74, 6) is 1.26. The molecule has 9 heteroatoms. The van der Waals surface area contributed by atoms with Crippen LogP contribution < -0.4 is 24.4 Å². The van der Waals surface area contributed by atoms with Crippen LogP contribution in [0.25, 0.3) is 10.2 Å². The molecule has 0 bridgehead atoms. The lowest BCUT2D eigenvalue weighted by Crippen LogP contribution is -2.28. The first-order valence-corrected chi connectivity index (χ1v) is 10.4. The van der Waals surface area contributed by atoms with Crippen LogP contribution in [0.1, 0.15) is 6.42 Å². The van der Waals surface area contributed by atoms with Crippen molar-refractivity contribution in [2.45, 2.75) is 6.42 Å². The van der Waals surface area contributed by atoms with Gasteiger partial charge in [-0.15, -0.1) is 0 Å². The Kier molecular flexibility index (Phi) is 4.66. The molecule has 30 heavy (non-hydrogen) atoms. The van der Waals surface area contributed by atoms with E-state index >= 15 is 0 Å². The van der Waals surface area contributed by atoms with Crippen LogP contribution in [0.3, 0.4) is 0 Å². The van der Waals surface area contributed by atoms with E-state index in [1.54, 1.807) is 24.1 Å². The number of benzene rings is 2. The molecule has 0 unspecified atom stereocenters. The van der Waals surface area contributed by atoms with Crippen LogP contribution in [0.4, 0.5) is 10.8 Å². The Morgan fingerprint density at radius 1 is 1.20 bits per heavy atom. The van der Waals surface area contributed by atoms with Gasteiger partial charge in [0.15, 0.2) is 16.6 Å². The highest BCUT2D eigenvalue weighted by atomic mass is 32.1. The van der Waals surface area contributed by atoms with E-state index < -0.39 is 5.92 Å². The number of carbonyl (C=O) groups excluding carboxylic acids is 2. The van der Waals surface area contributed by atoms with Gasteiger partial charge in [0.1, 0.15) is 19.0 Å². The van der Waals surface area contributed by atoms with Crippen molar-refractivity contribution >= 4 is 44.2 Å². The second-order valence-corrected chi connectivity index (χ2v) is 8.11. The van der Waals surface area contributed by atoms with E-state index in [4.69, 9.17) is 14.2 Å². The van der Waals surface area contributed by atoms with Crippen molar-refractivity contribution in [1.29, 1.82) is 0 Å². The third-order valence-electron chi connectivity index (χ3n) is 5.16. The van der Waals surface area contributed by atoms with Crippen LogP contribution in [-0.2, 0) is 9.59 Å². The van der Waals surface area contributed by atoms with Gasteiger partial charge in [-0.2, -0.15) is 0 Å². The SMILES string of the molecule is COc1ccc2nc(NC(=O)[C@@H]3CC(=O)N(c4ccc5c(c4)OCCO5)C3)sc2c1. The Hall–Kier alpha value is -3.33. The summed E-state index contributed by atoms with van der Waals surface area (Å²) in [7, 11) is 1.61. The van der Waals surface area contributed by atoms with Gasteiger partial charge in [0, 0.05) is 24.7 Å². The minimum atomic E-state index is -0.452. The van der Waals surface area contributed by atoms with Gasteiger partial charge in [-0.3, -0.25) is 9.59 Å². The summed E-state index contributed by atoms with van der Waals surface area (Å²) >= 11 is 1.38. The molecule has 1 fully saturated rings. The van der Waals surface area contributed by atoms with Gasteiger partial charge >= 0.3 is 0 Å². The lowest BCUT2D eigenvalue weighted by atomic mass is 10.1. The summed E-state index contributed by atoms with van der Waals surface area (Å²) in [4.78, 5) is 31.4. The minimum absolute atomic E-state index is 0.0964. The number of carbonyl (C=O) groups is 2. The van der Waals surface area contributed by atoms with Gasteiger partial charge in [0.05, 0.1) is 23.2 Å². The molecule has 1 atom stereocenters. The molecule has 1 aromatic heterocycles. The average Bonchev–Trinajstić information content (AvgIpc) is 3.35. The maximum absolute atomic E-state index is 12.8. The first kappa shape index (κ1) is 18.7. The van der Waals surface area contributed by atoms with Gasteiger partial charge in [0.2, 0.25) is 11.8 Å². The monoisotopic (exact) mass is 425 g/mol. The number of nitrogens with one attached hydrogen (secondary N) is 1. The number of nitrogens with zero attached hydrogens (tertiary/aromatic N) is 2. The zero-order chi connectivity index (χ0) is 20.7. The van der Waals surface area contributed by atoms with E-state index in [1.807, 2.05) is 24.3 Å². The quantitative estimate of drug-likeness (QED) is 0.691. The van der Waals surface area contributed by atoms with E-state index in [0.29, 0.717) is 42.1 Å². The second-order valence-electron chi connectivity index (χ2n) is 7.08. The average molecular weight is 425 g/mol. The number of fused-ring (bicyclic) bond motifs is 2. The van der Waals surface area contributed by atoms with Gasteiger partial charge in [-0.1, -0.05) is 11.3 Å². The maximum atomic E-state index is 12.8. The van der Waals surface area contributed by atoms with Gasteiger partial charge in [-0.05, 0) is 30.3 Å². The number of hydrogen-bond donors (Lipinski definition) is 1. The highest BCUT2D eigenvalue weighted by Gasteiger charge is 2.36. The van der Waals surface area contributed by atoms with E-state index in [1.165, 1.54) is 11.3 Å². The number of ether oxygens (including phenoxy) is 3. The lowest BCUT2D eigenvalue weighted by molar-refractivity contribution is -0.122. The first-order valence-electron chi connectivity index (χ1n) is 9.56. The van der Waals surface area contributed by atoms with Crippen molar-refractivity contribution in [1.82, 2.24) is 4.98 Å². The largest absolute Gasteiger partial charge is 0.497 e. The standard InChI is InChI=1S/C21H19N3O5S/c1-27-14-3-4-15-18(10-14)30-21(22-15)23-20(26)12-8-19(25)24(11-12)13-2-5-16-17(9-13)29-7-6-28-16/h2-5,9-10,12H,6-8,11H2,1H3,(H,22,23,26)/t12-/m1/s1. The molecule has 1 N–H and O–H groups in total. The predicted octanol–water partition coefficient (Wildman–Crippen LogP) is 3.07. The molecule has 2 aromatic carbocycles. The van der Waals surface area contributed by atoms with Crippen molar-refractivity contribution in [2.24, 2.45) is 5.92 Å². The van der Waals surface area contributed by atoms with Crippen LogP contribution in [0, 0.1) is 5.92 Å². The number of thiazole rings is 1. The Balaban J connectivity index is 1.30. The molecule has 1 saturated heterocycles. The summed E-state index contributed by atoms with van der Waals surface area (Å²) in [6.07, 6.45) is 0.152. The third-order valence-corrected chi connectivity index (χ3v) is 6.09. The summed E-state index contributed by atoms with van der Waals surface area (Å²) < 4.78 is 17.3. The number of rotatable bonds is 4. The first-order chi connectivity index (χ1) is 14.6. The molecule has 5 rings (SSSR count). The normalized spacial score (nSPS) is 18.0. The van der Waals surface area contributed by atoms with E-state index in [0.717, 1.165) is 16.0 Å². The van der Waals surface area contributed by atoms with Crippen molar-refractivity contribution in [3.05, 3.63) is 36.4 Å². The lowest BCUT2D eigenvalue weighted by Gasteiger charge is -2.22. The highest BCUT2D eigenvalue weighted by molar-refractivity contribution is 7.22. The molecule has 3 heterocycles. The summed E-state index contributed by atoms with van der Waals surface area (Å²) in [6, 6.07) is 10.9. The Bertz CT molecular complexity index is 1140. The van der Waals surface area contributed by atoms with Crippen LogP contribution in [-0.4, -0.2) is 43.7 Å².